The summed E-state index contributed by atoms with van der Waals surface area (Å²) in [6.45, 7) is 0.278. The van der Waals surface area contributed by atoms with Crippen molar-refractivity contribution >= 4 is 16.8 Å². The molecule has 4 aromatic rings. The Kier molecular flexibility index (Phi) is 6.25. The summed E-state index contributed by atoms with van der Waals surface area (Å²) in [7, 11) is 1.52. The van der Waals surface area contributed by atoms with Crippen LogP contribution in [0.4, 0.5) is 4.39 Å². The van der Waals surface area contributed by atoms with E-state index in [1.54, 1.807) is 24.5 Å². The molecule has 0 bridgehead atoms. The molecule has 0 aliphatic rings. The van der Waals surface area contributed by atoms with Gasteiger partial charge in [0, 0.05) is 26.0 Å². The van der Waals surface area contributed by atoms with E-state index in [1.807, 2.05) is 0 Å². The molecule has 168 valence electrons. The predicted octanol–water partition coefficient (Wildman–Crippen LogP) is 1.64. The maximum Gasteiger partial charge on any atom is 0.331 e. The van der Waals surface area contributed by atoms with E-state index < -0.39 is 23.0 Å². The molecule has 3 heterocycles. The number of fused-ring (bicyclic) bond motifs is 1. The van der Waals surface area contributed by atoms with Gasteiger partial charge in [-0.25, -0.2) is 14.2 Å². The largest absolute Gasteiger partial charge is 0.492 e. The molecule has 0 aliphatic heterocycles. The van der Waals surface area contributed by atoms with Crippen LogP contribution in [0.15, 0.2) is 70.6 Å². The summed E-state index contributed by atoms with van der Waals surface area (Å²) < 4.78 is 20.8. The van der Waals surface area contributed by atoms with Crippen LogP contribution in [0.25, 0.3) is 10.9 Å². The molecule has 0 atom stereocenters. The number of pyridine rings is 2. The van der Waals surface area contributed by atoms with Gasteiger partial charge in [0.1, 0.15) is 23.9 Å². The number of carbonyl (C=O) groups is 1. The van der Waals surface area contributed by atoms with Gasteiger partial charge in [0.25, 0.3) is 11.5 Å². The molecule has 0 saturated heterocycles. The number of halogens is 1. The molecule has 1 N–H and O–H groups in total. The standard InChI is InChI=1S/C23H20FN5O4/c1-28-20-14-26-19(21(30)27-13-15-6-8-25-9-7-15)12-18(20)22(31)29(23(28)32)10-11-33-17-4-2-16(24)3-5-17/h2-9,12,14H,10-11,13H2,1H3,(H,27,30). The van der Waals surface area contributed by atoms with Crippen LogP contribution in [0.1, 0.15) is 16.1 Å². The van der Waals surface area contributed by atoms with E-state index in [0.717, 1.165) is 10.1 Å². The molecule has 0 radical (unpaired) electrons. The normalized spacial score (nSPS) is 10.8. The number of carbonyl (C=O) groups excluding carboxylic acids is 1. The molecule has 1 amide bonds. The van der Waals surface area contributed by atoms with Crippen molar-refractivity contribution in [2.75, 3.05) is 6.61 Å². The monoisotopic (exact) mass is 449 g/mol. The molecule has 0 spiro atoms. The number of hydrogen-bond acceptors (Lipinski definition) is 6. The molecule has 0 saturated carbocycles. The summed E-state index contributed by atoms with van der Waals surface area (Å²) in [4.78, 5) is 46.3. The fraction of sp³-hybridized carbons (Fsp3) is 0.174. The van der Waals surface area contributed by atoms with Gasteiger partial charge in [-0.15, -0.1) is 0 Å². The Balaban J connectivity index is 1.56. The summed E-state index contributed by atoms with van der Waals surface area (Å²) >= 11 is 0. The van der Waals surface area contributed by atoms with E-state index in [-0.39, 0.29) is 30.8 Å². The molecule has 0 unspecified atom stereocenters. The van der Waals surface area contributed by atoms with Gasteiger partial charge in [0.05, 0.1) is 23.6 Å². The van der Waals surface area contributed by atoms with Crippen LogP contribution in [0.3, 0.4) is 0 Å². The third-order valence-corrected chi connectivity index (χ3v) is 5.07. The number of aromatic nitrogens is 4. The minimum absolute atomic E-state index is 0.0231. The van der Waals surface area contributed by atoms with Crippen molar-refractivity contribution in [1.82, 2.24) is 24.4 Å². The van der Waals surface area contributed by atoms with Crippen molar-refractivity contribution in [2.24, 2.45) is 7.05 Å². The lowest BCUT2D eigenvalue weighted by atomic mass is 10.2. The summed E-state index contributed by atoms with van der Waals surface area (Å²) in [6.07, 6.45) is 4.58. The Morgan fingerprint density at radius 2 is 1.85 bits per heavy atom. The number of rotatable bonds is 7. The molecule has 0 fully saturated rings. The van der Waals surface area contributed by atoms with Gasteiger partial charge in [-0.2, -0.15) is 0 Å². The van der Waals surface area contributed by atoms with Crippen molar-refractivity contribution in [3.8, 4) is 5.75 Å². The third kappa shape index (κ3) is 4.79. The van der Waals surface area contributed by atoms with E-state index in [9.17, 15) is 18.8 Å². The molecule has 10 heteroatoms. The van der Waals surface area contributed by atoms with Gasteiger partial charge in [-0.1, -0.05) is 0 Å². The first kappa shape index (κ1) is 21.9. The smallest absolute Gasteiger partial charge is 0.331 e. The van der Waals surface area contributed by atoms with Crippen LogP contribution in [0.2, 0.25) is 0 Å². The van der Waals surface area contributed by atoms with Gasteiger partial charge in [0.15, 0.2) is 0 Å². The Labute approximate surface area is 187 Å². The summed E-state index contributed by atoms with van der Waals surface area (Å²) in [5.41, 5.74) is 0.145. The molecular formula is C23H20FN5O4. The average Bonchev–Trinajstić information content (AvgIpc) is 2.84. The quantitative estimate of drug-likeness (QED) is 0.460. The van der Waals surface area contributed by atoms with Crippen molar-refractivity contribution in [3.05, 3.63) is 99.0 Å². The Morgan fingerprint density at radius 1 is 1.12 bits per heavy atom. The maximum atomic E-state index is 13.0. The molecular weight excluding hydrogens is 429 g/mol. The summed E-state index contributed by atoms with van der Waals surface area (Å²) in [5, 5.41) is 2.93. The number of ether oxygens (including phenoxy) is 1. The van der Waals surface area contributed by atoms with Crippen molar-refractivity contribution < 1.29 is 13.9 Å². The van der Waals surface area contributed by atoms with Gasteiger partial charge in [-0.05, 0) is 48.0 Å². The fourth-order valence-corrected chi connectivity index (χ4v) is 3.28. The second-order valence-corrected chi connectivity index (χ2v) is 7.23. The topological polar surface area (TPSA) is 108 Å². The van der Waals surface area contributed by atoms with Crippen molar-refractivity contribution in [1.29, 1.82) is 0 Å². The van der Waals surface area contributed by atoms with Gasteiger partial charge < -0.3 is 10.1 Å². The lowest BCUT2D eigenvalue weighted by molar-refractivity contribution is 0.0946. The summed E-state index contributed by atoms with van der Waals surface area (Å²) in [6, 6.07) is 10.3. The number of amides is 1. The van der Waals surface area contributed by atoms with E-state index >= 15 is 0 Å². The van der Waals surface area contributed by atoms with Crippen LogP contribution in [-0.4, -0.2) is 31.6 Å². The molecule has 0 aliphatic carbocycles. The minimum atomic E-state index is -0.554. The van der Waals surface area contributed by atoms with Crippen LogP contribution < -0.4 is 21.3 Å². The summed E-state index contributed by atoms with van der Waals surface area (Å²) in [5.74, 6) is -0.427. The molecule has 33 heavy (non-hydrogen) atoms. The van der Waals surface area contributed by atoms with Gasteiger partial charge >= 0.3 is 5.69 Å². The fourth-order valence-electron chi connectivity index (χ4n) is 3.28. The second kappa shape index (κ2) is 9.43. The minimum Gasteiger partial charge on any atom is -0.492 e. The highest BCUT2D eigenvalue weighted by molar-refractivity contribution is 5.95. The zero-order valence-corrected chi connectivity index (χ0v) is 17.7. The molecule has 9 nitrogen and oxygen atoms in total. The van der Waals surface area contributed by atoms with Gasteiger partial charge in [0.2, 0.25) is 0 Å². The van der Waals surface area contributed by atoms with E-state index in [1.165, 1.54) is 48.1 Å². The zero-order valence-electron chi connectivity index (χ0n) is 17.7. The Morgan fingerprint density at radius 3 is 2.58 bits per heavy atom. The van der Waals surface area contributed by atoms with Crippen LogP contribution >= 0.6 is 0 Å². The highest BCUT2D eigenvalue weighted by atomic mass is 19.1. The SMILES string of the molecule is Cn1c(=O)n(CCOc2ccc(F)cc2)c(=O)c2cc(C(=O)NCc3ccncc3)ncc21. The number of nitrogens with zero attached hydrogens (tertiary/aromatic N) is 4. The Bertz CT molecular complexity index is 1420. The number of benzene rings is 1. The number of hydrogen-bond donors (Lipinski definition) is 1. The van der Waals surface area contributed by atoms with E-state index in [2.05, 4.69) is 15.3 Å². The van der Waals surface area contributed by atoms with Crippen LogP contribution in [0.5, 0.6) is 5.75 Å². The van der Waals surface area contributed by atoms with Crippen LogP contribution in [-0.2, 0) is 20.1 Å². The highest BCUT2D eigenvalue weighted by Crippen LogP contribution is 2.11. The van der Waals surface area contributed by atoms with Gasteiger partial charge in [-0.3, -0.25) is 23.7 Å². The molecule has 3 aromatic heterocycles. The lowest BCUT2D eigenvalue weighted by Gasteiger charge is -2.12. The first-order valence-corrected chi connectivity index (χ1v) is 10.1. The predicted molar refractivity (Wildman–Crippen MR) is 119 cm³/mol. The molecule has 4 rings (SSSR count). The zero-order chi connectivity index (χ0) is 23.4. The lowest BCUT2D eigenvalue weighted by Crippen LogP contribution is -2.40. The molecule has 1 aromatic carbocycles. The number of aryl methyl sites for hydroxylation is 1. The first-order chi connectivity index (χ1) is 15.9. The highest BCUT2D eigenvalue weighted by Gasteiger charge is 2.15. The Hall–Kier alpha value is -4.34. The van der Waals surface area contributed by atoms with E-state index in [0.29, 0.717) is 11.3 Å². The second-order valence-electron chi connectivity index (χ2n) is 7.23. The van der Waals surface area contributed by atoms with Crippen molar-refractivity contribution in [3.63, 3.8) is 0 Å². The van der Waals surface area contributed by atoms with Crippen molar-refractivity contribution in [2.45, 2.75) is 13.1 Å². The van der Waals surface area contributed by atoms with E-state index in [4.69, 9.17) is 4.74 Å². The average molecular weight is 449 g/mol. The first-order valence-electron chi connectivity index (χ1n) is 10.1. The maximum absolute atomic E-state index is 13.0. The number of nitrogens with one attached hydrogen (secondary N) is 1. The third-order valence-electron chi connectivity index (χ3n) is 5.07. The van der Waals surface area contributed by atoms with Crippen LogP contribution in [0, 0.1) is 5.82 Å².